The van der Waals surface area contributed by atoms with Crippen molar-refractivity contribution in [1.82, 2.24) is 4.57 Å². The Morgan fingerprint density at radius 1 is 1.11 bits per heavy atom. The van der Waals surface area contributed by atoms with E-state index in [9.17, 15) is 19.7 Å². The standard InChI is InChI=1S/C19H16N2O6/c22-18-9-4-14-12-15(21(25)26)5-8-17(14)20(18)10-1-11-27-16-6-2-13(3-7-16)19(23)24/h2-9,12H,1,10-11H2,(H,23,24). The first-order chi connectivity index (χ1) is 13.0. The Hall–Kier alpha value is -3.68. The largest absolute Gasteiger partial charge is 0.494 e. The maximum Gasteiger partial charge on any atom is 0.335 e. The number of hydrogen-bond acceptors (Lipinski definition) is 5. The molecule has 8 nitrogen and oxygen atoms in total. The summed E-state index contributed by atoms with van der Waals surface area (Å²) in [7, 11) is 0. The molecule has 0 amide bonds. The van der Waals surface area contributed by atoms with Crippen LogP contribution in [0.25, 0.3) is 10.9 Å². The molecular formula is C19H16N2O6. The highest BCUT2D eigenvalue weighted by Gasteiger charge is 2.09. The van der Waals surface area contributed by atoms with E-state index in [1.54, 1.807) is 28.8 Å². The minimum absolute atomic E-state index is 0.0270. The van der Waals surface area contributed by atoms with Gasteiger partial charge in [0.05, 0.1) is 22.6 Å². The predicted molar refractivity (Wildman–Crippen MR) is 98.4 cm³/mol. The maximum absolute atomic E-state index is 12.2. The number of non-ortho nitro benzene ring substituents is 1. The molecule has 0 aliphatic heterocycles. The van der Waals surface area contributed by atoms with Crippen LogP contribution >= 0.6 is 0 Å². The van der Waals surface area contributed by atoms with Gasteiger partial charge < -0.3 is 14.4 Å². The predicted octanol–water partition coefficient (Wildman–Crippen LogP) is 3.08. The molecule has 0 aliphatic rings. The number of nitrogens with zero attached hydrogens (tertiary/aromatic N) is 2. The first-order valence-electron chi connectivity index (χ1n) is 8.20. The molecule has 1 aromatic heterocycles. The molecule has 3 aromatic rings. The van der Waals surface area contributed by atoms with Crippen LogP contribution in [0.1, 0.15) is 16.8 Å². The second kappa shape index (κ2) is 7.69. The fourth-order valence-corrected chi connectivity index (χ4v) is 2.74. The third kappa shape index (κ3) is 4.12. The first-order valence-corrected chi connectivity index (χ1v) is 8.20. The van der Waals surface area contributed by atoms with Crippen molar-refractivity contribution < 1.29 is 19.6 Å². The van der Waals surface area contributed by atoms with Gasteiger partial charge in [-0.1, -0.05) is 0 Å². The van der Waals surface area contributed by atoms with Crippen LogP contribution in [0.3, 0.4) is 0 Å². The van der Waals surface area contributed by atoms with Gasteiger partial charge in [0.1, 0.15) is 5.75 Å². The van der Waals surface area contributed by atoms with Gasteiger partial charge in [-0.2, -0.15) is 0 Å². The highest BCUT2D eigenvalue weighted by atomic mass is 16.6. The number of nitro benzene ring substituents is 1. The minimum atomic E-state index is -1.00. The van der Waals surface area contributed by atoms with Crippen molar-refractivity contribution in [3.05, 3.63) is 80.6 Å². The van der Waals surface area contributed by atoms with Gasteiger partial charge in [0.25, 0.3) is 11.2 Å². The van der Waals surface area contributed by atoms with E-state index < -0.39 is 10.9 Å². The molecule has 0 aliphatic carbocycles. The van der Waals surface area contributed by atoms with E-state index in [4.69, 9.17) is 9.84 Å². The molecule has 0 saturated carbocycles. The molecule has 138 valence electrons. The van der Waals surface area contributed by atoms with Gasteiger partial charge in [-0.25, -0.2) is 4.79 Å². The van der Waals surface area contributed by atoms with Gasteiger partial charge in [-0.3, -0.25) is 14.9 Å². The number of aryl methyl sites for hydroxylation is 1. The third-order valence-corrected chi connectivity index (χ3v) is 4.08. The lowest BCUT2D eigenvalue weighted by Gasteiger charge is -2.11. The molecule has 3 rings (SSSR count). The van der Waals surface area contributed by atoms with E-state index in [0.717, 1.165) is 0 Å². The van der Waals surface area contributed by atoms with Crippen LogP contribution in [0.4, 0.5) is 5.69 Å². The molecule has 1 heterocycles. The van der Waals surface area contributed by atoms with Crippen molar-refractivity contribution in [2.75, 3.05) is 6.61 Å². The Morgan fingerprint density at radius 2 is 1.85 bits per heavy atom. The minimum Gasteiger partial charge on any atom is -0.494 e. The van der Waals surface area contributed by atoms with Gasteiger partial charge in [-0.15, -0.1) is 0 Å². The second-order valence-corrected chi connectivity index (χ2v) is 5.85. The van der Waals surface area contributed by atoms with Gasteiger partial charge in [0.2, 0.25) is 0 Å². The molecule has 0 fully saturated rings. The molecule has 1 N–H and O–H groups in total. The zero-order chi connectivity index (χ0) is 19.4. The summed E-state index contributed by atoms with van der Waals surface area (Å²) in [6, 6.07) is 13.4. The Labute approximate surface area is 153 Å². The van der Waals surface area contributed by atoms with Gasteiger partial charge >= 0.3 is 5.97 Å². The molecule has 0 bridgehead atoms. The smallest absolute Gasteiger partial charge is 0.335 e. The summed E-state index contributed by atoms with van der Waals surface area (Å²) in [5, 5.41) is 20.4. The summed E-state index contributed by atoms with van der Waals surface area (Å²) >= 11 is 0. The van der Waals surface area contributed by atoms with Gasteiger partial charge in [0, 0.05) is 30.1 Å². The van der Waals surface area contributed by atoms with E-state index >= 15 is 0 Å². The first kappa shape index (κ1) is 18.1. The Kier molecular flexibility index (Phi) is 5.16. The molecule has 27 heavy (non-hydrogen) atoms. The van der Waals surface area contributed by atoms with Crippen molar-refractivity contribution in [3.8, 4) is 5.75 Å². The van der Waals surface area contributed by atoms with Crippen LogP contribution in [-0.2, 0) is 6.54 Å². The lowest BCUT2D eigenvalue weighted by atomic mass is 10.2. The number of carbonyl (C=O) groups is 1. The average molecular weight is 368 g/mol. The summed E-state index contributed by atoms with van der Waals surface area (Å²) in [5.74, 6) is -0.460. The number of aromatic carboxylic acids is 1. The molecule has 0 spiro atoms. The molecule has 0 atom stereocenters. The maximum atomic E-state index is 12.2. The van der Waals surface area contributed by atoms with E-state index in [-0.39, 0.29) is 16.8 Å². The zero-order valence-corrected chi connectivity index (χ0v) is 14.2. The number of carboxylic acids is 1. The summed E-state index contributed by atoms with van der Waals surface area (Å²) < 4.78 is 7.12. The van der Waals surface area contributed by atoms with Crippen LogP contribution in [-0.4, -0.2) is 27.2 Å². The quantitative estimate of drug-likeness (QED) is 0.390. The monoisotopic (exact) mass is 368 g/mol. The normalized spacial score (nSPS) is 10.7. The van der Waals surface area contributed by atoms with Crippen molar-refractivity contribution in [3.63, 3.8) is 0 Å². The second-order valence-electron chi connectivity index (χ2n) is 5.85. The van der Waals surface area contributed by atoms with Crippen molar-refractivity contribution in [2.24, 2.45) is 0 Å². The molecule has 0 radical (unpaired) electrons. The van der Waals surface area contributed by atoms with Crippen LogP contribution in [0.2, 0.25) is 0 Å². The number of hydrogen-bond donors (Lipinski definition) is 1. The fourth-order valence-electron chi connectivity index (χ4n) is 2.74. The van der Waals surface area contributed by atoms with Crippen LogP contribution in [0.5, 0.6) is 5.75 Å². The number of carboxylic acid groups (broad SMARTS) is 1. The van der Waals surface area contributed by atoms with Crippen LogP contribution in [0, 0.1) is 10.1 Å². The topological polar surface area (TPSA) is 112 Å². The lowest BCUT2D eigenvalue weighted by Crippen LogP contribution is -2.20. The van der Waals surface area contributed by atoms with Crippen molar-refractivity contribution in [2.45, 2.75) is 13.0 Å². The van der Waals surface area contributed by atoms with Gasteiger partial charge in [0.15, 0.2) is 0 Å². The zero-order valence-electron chi connectivity index (χ0n) is 14.2. The summed E-state index contributed by atoms with van der Waals surface area (Å²) in [6.07, 6.45) is 0.538. The summed E-state index contributed by atoms with van der Waals surface area (Å²) in [6.45, 7) is 0.726. The van der Waals surface area contributed by atoms with Gasteiger partial charge in [-0.05, 0) is 42.8 Å². The number of rotatable bonds is 7. The van der Waals surface area contributed by atoms with E-state index in [2.05, 4.69) is 0 Å². The SMILES string of the molecule is O=C(O)c1ccc(OCCCn2c(=O)ccc3cc([N+](=O)[O-])ccc32)cc1. The number of ether oxygens (including phenoxy) is 1. The Balaban J connectivity index is 1.67. The van der Waals surface area contributed by atoms with Crippen molar-refractivity contribution >= 4 is 22.6 Å². The summed E-state index contributed by atoms with van der Waals surface area (Å²) in [5.41, 5.74) is 0.584. The fraction of sp³-hybridized carbons (Fsp3) is 0.158. The van der Waals surface area contributed by atoms with Crippen LogP contribution < -0.4 is 10.3 Å². The Bertz CT molecular complexity index is 1060. The van der Waals surface area contributed by atoms with Crippen molar-refractivity contribution in [1.29, 1.82) is 0 Å². The molecule has 8 heteroatoms. The molecule has 0 saturated heterocycles. The number of aromatic nitrogens is 1. The summed E-state index contributed by atoms with van der Waals surface area (Å²) in [4.78, 5) is 33.4. The molecule has 2 aromatic carbocycles. The third-order valence-electron chi connectivity index (χ3n) is 4.08. The van der Waals surface area contributed by atoms with E-state index in [1.165, 1.54) is 30.3 Å². The molecule has 0 unspecified atom stereocenters. The average Bonchev–Trinajstić information content (AvgIpc) is 2.66. The van der Waals surface area contributed by atoms with Crippen LogP contribution in [0.15, 0.2) is 59.4 Å². The van der Waals surface area contributed by atoms with E-state index in [1.807, 2.05) is 0 Å². The number of nitro groups is 1. The lowest BCUT2D eigenvalue weighted by molar-refractivity contribution is -0.384. The molecular weight excluding hydrogens is 352 g/mol. The van der Waals surface area contributed by atoms with E-state index in [0.29, 0.717) is 36.2 Å². The highest BCUT2D eigenvalue weighted by Crippen LogP contribution is 2.20. The number of benzene rings is 2. The Morgan fingerprint density at radius 3 is 2.52 bits per heavy atom. The number of fused-ring (bicyclic) bond motifs is 1. The highest BCUT2D eigenvalue weighted by molar-refractivity contribution is 5.87. The number of pyridine rings is 1.